The van der Waals surface area contributed by atoms with Crippen LogP contribution in [-0.4, -0.2) is 0 Å². The van der Waals surface area contributed by atoms with Gasteiger partial charge in [-0.15, -0.1) is 0 Å². The van der Waals surface area contributed by atoms with E-state index in [4.69, 9.17) is 0 Å². The molecule has 70 valence electrons. The first-order valence-electron chi connectivity index (χ1n) is 4.92. The highest BCUT2D eigenvalue weighted by Gasteiger charge is 2.17. The molecule has 1 atom stereocenters. The summed E-state index contributed by atoms with van der Waals surface area (Å²) in [6, 6.07) is 4.71. The Balaban J connectivity index is 2.52. The Morgan fingerprint density at radius 3 is 2.69 bits per heavy atom. The molecule has 0 bridgehead atoms. The third-order valence-corrected chi connectivity index (χ3v) is 3.95. The molecule has 1 unspecified atom stereocenters. The number of rotatable bonds is 0. The first-order valence-corrected chi connectivity index (χ1v) is 5.84. The molecule has 1 aromatic rings. The summed E-state index contributed by atoms with van der Waals surface area (Å²) in [5.74, 6) is 0. The maximum Gasteiger partial charge on any atom is 0.0398 e. The van der Waals surface area contributed by atoms with Gasteiger partial charge in [-0.3, -0.25) is 0 Å². The summed E-state index contributed by atoms with van der Waals surface area (Å²) < 4.78 is 0. The van der Waals surface area contributed by atoms with Crippen LogP contribution in [0.1, 0.15) is 39.9 Å². The predicted octanol–water partition coefficient (Wildman–Crippen LogP) is 4.08. The van der Waals surface area contributed by atoms with Crippen molar-refractivity contribution in [3.63, 3.8) is 0 Å². The number of hydrogen-bond donors (Lipinski definition) is 0. The van der Waals surface area contributed by atoms with Crippen LogP contribution in [0.25, 0.3) is 0 Å². The SMILES string of the molecule is Cc1cc2c(cc1C)C(Br)CCC2. The zero-order chi connectivity index (χ0) is 9.42. The lowest BCUT2D eigenvalue weighted by atomic mass is 9.89. The van der Waals surface area contributed by atoms with Crippen LogP contribution in [-0.2, 0) is 6.42 Å². The quantitative estimate of drug-likeness (QED) is 0.598. The van der Waals surface area contributed by atoms with Crippen molar-refractivity contribution in [1.82, 2.24) is 0 Å². The molecule has 0 aromatic heterocycles. The highest BCUT2D eigenvalue weighted by atomic mass is 79.9. The van der Waals surface area contributed by atoms with Crippen molar-refractivity contribution in [2.45, 2.75) is 37.9 Å². The summed E-state index contributed by atoms with van der Waals surface area (Å²) >= 11 is 3.75. The molecule has 1 aromatic carbocycles. The Morgan fingerprint density at radius 2 is 1.92 bits per heavy atom. The van der Waals surface area contributed by atoms with Gasteiger partial charge in [0.25, 0.3) is 0 Å². The molecule has 0 heterocycles. The molecule has 0 radical (unpaired) electrons. The van der Waals surface area contributed by atoms with Crippen LogP contribution in [0.2, 0.25) is 0 Å². The minimum Gasteiger partial charge on any atom is -0.0839 e. The molecular formula is C12H15Br. The molecule has 0 N–H and O–H groups in total. The minimum atomic E-state index is 0.593. The summed E-state index contributed by atoms with van der Waals surface area (Å²) in [6.45, 7) is 4.40. The molecule has 13 heavy (non-hydrogen) atoms. The number of fused-ring (bicyclic) bond motifs is 1. The third-order valence-electron chi connectivity index (χ3n) is 3.00. The Hall–Kier alpha value is -0.300. The average Bonchev–Trinajstić information content (AvgIpc) is 2.09. The van der Waals surface area contributed by atoms with Crippen LogP contribution in [0.3, 0.4) is 0 Å². The van der Waals surface area contributed by atoms with Crippen LogP contribution in [0.15, 0.2) is 12.1 Å². The van der Waals surface area contributed by atoms with Gasteiger partial charge >= 0.3 is 0 Å². The van der Waals surface area contributed by atoms with E-state index in [-0.39, 0.29) is 0 Å². The molecule has 0 saturated heterocycles. The van der Waals surface area contributed by atoms with Gasteiger partial charge in [0, 0.05) is 4.83 Å². The third kappa shape index (κ3) is 1.67. The van der Waals surface area contributed by atoms with Gasteiger partial charge < -0.3 is 0 Å². The maximum absolute atomic E-state index is 3.75. The molecule has 1 aliphatic rings. The Morgan fingerprint density at radius 1 is 1.23 bits per heavy atom. The van der Waals surface area contributed by atoms with Crippen LogP contribution >= 0.6 is 15.9 Å². The maximum atomic E-state index is 3.75. The van der Waals surface area contributed by atoms with Crippen molar-refractivity contribution < 1.29 is 0 Å². The standard InChI is InChI=1S/C12H15Br/c1-8-6-10-4-3-5-12(13)11(10)7-9(8)2/h6-7,12H,3-5H2,1-2H3. The lowest BCUT2D eigenvalue weighted by Crippen LogP contribution is -2.06. The van der Waals surface area contributed by atoms with Crippen molar-refractivity contribution in [2.75, 3.05) is 0 Å². The number of benzene rings is 1. The number of alkyl halides is 1. The lowest BCUT2D eigenvalue weighted by Gasteiger charge is -2.22. The van der Waals surface area contributed by atoms with Gasteiger partial charge in [0.15, 0.2) is 0 Å². The van der Waals surface area contributed by atoms with Crippen molar-refractivity contribution in [1.29, 1.82) is 0 Å². The van der Waals surface area contributed by atoms with E-state index in [2.05, 4.69) is 41.9 Å². The first-order chi connectivity index (χ1) is 6.18. The van der Waals surface area contributed by atoms with E-state index in [9.17, 15) is 0 Å². The number of aryl methyl sites for hydroxylation is 3. The number of halogens is 1. The Bertz CT molecular complexity index is 328. The van der Waals surface area contributed by atoms with Crippen LogP contribution in [0.5, 0.6) is 0 Å². The van der Waals surface area contributed by atoms with Gasteiger partial charge in [0.05, 0.1) is 0 Å². The van der Waals surface area contributed by atoms with Gasteiger partial charge in [-0.05, 0) is 55.4 Å². The Kier molecular flexibility index (Phi) is 2.46. The smallest absolute Gasteiger partial charge is 0.0398 e. The second-order valence-corrected chi connectivity index (χ2v) is 5.10. The van der Waals surface area contributed by atoms with E-state index in [1.807, 2.05) is 0 Å². The summed E-state index contributed by atoms with van der Waals surface area (Å²) in [7, 11) is 0. The lowest BCUT2D eigenvalue weighted by molar-refractivity contribution is 0.679. The van der Waals surface area contributed by atoms with Gasteiger partial charge in [0.1, 0.15) is 0 Å². The molecule has 0 nitrogen and oxygen atoms in total. The predicted molar refractivity (Wildman–Crippen MR) is 60.5 cm³/mol. The molecule has 0 amide bonds. The second kappa shape index (κ2) is 3.45. The average molecular weight is 239 g/mol. The summed E-state index contributed by atoms with van der Waals surface area (Å²) in [5.41, 5.74) is 5.93. The van der Waals surface area contributed by atoms with Gasteiger partial charge in [-0.25, -0.2) is 0 Å². The molecule has 0 fully saturated rings. The zero-order valence-corrected chi connectivity index (χ0v) is 9.82. The van der Waals surface area contributed by atoms with Crippen molar-refractivity contribution in [2.24, 2.45) is 0 Å². The van der Waals surface area contributed by atoms with Crippen molar-refractivity contribution >= 4 is 15.9 Å². The summed E-state index contributed by atoms with van der Waals surface area (Å²) in [6.07, 6.45) is 3.87. The van der Waals surface area contributed by atoms with Crippen LogP contribution in [0.4, 0.5) is 0 Å². The fourth-order valence-electron chi connectivity index (χ4n) is 2.03. The molecule has 1 heteroatoms. The van der Waals surface area contributed by atoms with Crippen LogP contribution in [0, 0.1) is 13.8 Å². The monoisotopic (exact) mass is 238 g/mol. The molecule has 2 rings (SSSR count). The highest BCUT2D eigenvalue weighted by Crippen LogP contribution is 2.37. The largest absolute Gasteiger partial charge is 0.0839 e. The Labute approximate surface area is 88.5 Å². The van der Waals surface area contributed by atoms with E-state index in [0.29, 0.717) is 4.83 Å². The van der Waals surface area contributed by atoms with E-state index >= 15 is 0 Å². The van der Waals surface area contributed by atoms with Crippen LogP contribution < -0.4 is 0 Å². The van der Waals surface area contributed by atoms with E-state index < -0.39 is 0 Å². The fraction of sp³-hybridized carbons (Fsp3) is 0.500. The molecular weight excluding hydrogens is 224 g/mol. The normalized spacial score (nSPS) is 21.3. The van der Waals surface area contributed by atoms with Gasteiger partial charge in [-0.1, -0.05) is 28.1 Å². The highest BCUT2D eigenvalue weighted by molar-refractivity contribution is 9.09. The topological polar surface area (TPSA) is 0 Å². The summed E-state index contributed by atoms with van der Waals surface area (Å²) in [5, 5.41) is 0. The molecule has 1 aliphatic carbocycles. The van der Waals surface area contributed by atoms with Gasteiger partial charge in [0.2, 0.25) is 0 Å². The van der Waals surface area contributed by atoms with E-state index in [1.54, 1.807) is 5.56 Å². The summed E-state index contributed by atoms with van der Waals surface area (Å²) in [4.78, 5) is 0.593. The van der Waals surface area contributed by atoms with E-state index in [0.717, 1.165) is 0 Å². The second-order valence-electron chi connectivity index (χ2n) is 4.00. The zero-order valence-electron chi connectivity index (χ0n) is 8.23. The van der Waals surface area contributed by atoms with Gasteiger partial charge in [-0.2, -0.15) is 0 Å². The molecule has 0 spiro atoms. The van der Waals surface area contributed by atoms with Crippen molar-refractivity contribution in [3.05, 3.63) is 34.4 Å². The minimum absolute atomic E-state index is 0.593. The van der Waals surface area contributed by atoms with E-state index in [1.165, 1.54) is 36.0 Å². The molecule has 0 saturated carbocycles. The van der Waals surface area contributed by atoms with Crippen molar-refractivity contribution in [3.8, 4) is 0 Å². The first kappa shape index (κ1) is 9.26. The molecule has 0 aliphatic heterocycles. The fourth-order valence-corrected chi connectivity index (χ4v) is 2.78. The number of hydrogen-bond acceptors (Lipinski definition) is 0.